The van der Waals surface area contributed by atoms with Crippen LogP contribution in [0.2, 0.25) is 0 Å². The smallest absolute Gasteiger partial charge is 0.0274 e. The molecule has 0 radical (unpaired) electrons. The van der Waals surface area contributed by atoms with Crippen molar-refractivity contribution in [3.63, 3.8) is 0 Å². The van der Waals surface area contributed by atoms with E-state index in [-0.39, 0.29) is 5.41 Å². The van der Waals surface area contributed by atoms with Crippen LogP contribution in [0.25, 0.3) is 11.1 Å². The van der Waals surface area contributed by atoms with E-state index in [4.69, 9.17) is 0 Å². The predicted molar refractivity (Wildman–Crippen MR) is 124 cm³/mol. The second kappa shape index (κ2) is 6.10. The van der Waals surface area contributed by atoms with E-state index in [0.29, 0.717) is 0 Å². The first kappa shape index (κ1) is 17.4. The fourth-order valence-electron chi connectivity index (χ4n) is 8.49. The molecule has 4 saturated carbocycles. The number of hydrogen-bond acceptors (Lipinski definition) is 0. The average molecular weight is 391 g/mol. The van der Waals surface area contributed by atoms with Crippen LogP contribution >= 0.6 is 0 Å². The zero-order valence-corrected chi connectivity index (χ0v) is 17.9. The van der Waals surface area contributed by atoms with E-state index in [1.54, 1.807) is 22.3 Å². The van der Waals surface area contributed by atoms with Crippen molar-refractivity contribution in [3.8, 4) is 11.1 Å². The molecular formula is C30H30. The van der Waals surface area contributed by atoms with Crippen LogP contribution in [0.3, 0.4) is 0 Å². The van der Waals surface area contributed by atoms with E-state index in [0.717, 1.165) is 30.1 Å². The lowest BCUT2D eigenvalue weighted by molar-refractivity contribution is -0.0402. The highest BCUT2D eigenvalue weighted by Crippen LogP contribution is 2.69. The molecule has 150 valence electrons. The molecule has 1 spiro atoms. The molecule has 8 rings (SSSR count). The predicted octanol–water partition coefficient (Wildman–Crippen LogP) is 7.31. The van der Waals surface area contributed by atoms with Gasteiger partial charge in [-0.3, -0.25) is 0 Å². The SMILES string of the molecule is Cc1cccc(Cc2cccc3c2C2(c4ccccc4-3)C3CC4CC(C3)CC2C4)c1. The van der Waals surface area contributed by atoms with Gasteiger partial charge in [0.15, 0.2) is 0 Å². The summed E-state index contributed by atoms with van der Waals surface area (Å²) < 4.78 is 0. The summed E-state index contributed by atoms with van der Waals surface area (Å²) in [5.41, 5.74) is 11.2. The van der Waals surface area contributed by atoms with E-state index < -0.39 is 0 Å². The van der Waals surface area contributed by atoms with Crippen molar-refractivity contribution >= 4 is 0 Å². The van der Waals surface area contributed by atoms with Crippen LogP contribution in [-0.2, 0) is 11.8 Å². The molecule has 0 saturated heterocycles. The summed E-state index contributed by atoms with van der Waals surface area (Å²) in [5.74, 6) is 3.68. The first-order chi connectivity index (χ1) is 14.7. The van der Waals surface area contributed by atoms with Gasteiger partial charge in [0.1, 0.15) is 0 Å². The number of rotatable bonds is 2. The van der Waals surface area contributed by atoms with Crippen LogP contribution in [0.5, 0.6) is 0 Å². The Morgan fingerprint density at radius 2 is 1.43 bits per heavy atom. The third-order valence-corrected chi connectivity index (χ3v) is 9.13. The summed E-state index contributed by atoms with van der Waals surface area (Å²) in [4.78, 5) is 0. The minimum atomic E-state index is 0.278. The van der Waals surface area contributed by atoms with Gasteiger partial charge in [-0.05, 0) is 103 Å². The zero-order valence-electron chi connectivity index (χ0n) is 17.9. The summed E-state index contributed by atoms with van der Waals surface area (Å²) in [6, 6.07) is 25.8. The van der Waals surface area contributed by atoms with Crippen molar-refractivity contribution < 1.29 is 0 Å². The zero-order chi connectivity index (χ0) is 19.9. The highest BCUT2D eigenvalue weighted by molar-refractivity contribution is 5.83. The molecule has 0 heterocycles. The van der Waals surface area contributed by atoms with Gasteiger partial charge in [-0.25, -0.2) is 0 Å². The minimum absolute atomic E-state index is 0.278. The number of hydrogen-bond donors (Lipinski definition) is 0. The molecule has 0 N–H and O–H groups in total. The quantitative estimate of drug-likeness (QED) is 0.430. The Balaban J connectivity index is 1.47. The molecule has 3 aromatic carbocycles. The molecule has 0 heteroatoms. The first-order valence-corrected chi connectivity index (χ1v) is 12.0. The maximum Gasteiger partial charge on any atom is 0.0274 e. The van der Waals surface area contributed by atoms with Gasteiger partial charge in [0.05, 0.1) is 0 Å². The lowest BCUT2D eigenvalue weighted by Gasteiger charge is -2.61. The number of fused-ring (bicyclic) bond motifs is 3. The van der Waals surface area contributed by atoms with Gasteiger partial charge in [0.2, 0.25) is 0 Å². The van der Waals surface area contributed by atoms with E-state index in [1.165, 1.54) is 48.8 Å². The van der Waals surface area contributed by atoms with Gasteiger partial charge in [-0.15, -0.1) is 0 Å². The van der Waals surface area contributed by atoms with E-state index in [9.17, 15) is 0 Å². The van der Waals surface area contributed by atoms with Gasteiger partial charge in [-0.1, -0.05) is 72.3 Å². The molecule has 0 nitrogen and oxygen atoms in total. The molecule has 0 aliphatic heterocycles. The molecule has 4 bridgehead atoms. The Kier molecular flexibility index (Phi) is 3.53. The van der Waals surface area contributed by atoms with Gasteiger partial charge >= 0.3 is 0 Å². The van der Waals surface area contributed by atoms with Crippen molar-refractivity contribution in [1.29, 1.82) is 0 Å². The Morgan fingerprint density at radius 1 is 0.733 bits per heavy atom. The lowest BCUT2D eigenvalue weighted by atomic mass is 9.43. The van der Waals surface area contributed by atoms with Gasteiger partial charge in [-0.2, -0.15) is 0 Å². The summed E-state index contributed by atoms with van der Waals surface area (Å²) in [6.45, 7) is 2.22. The van der Waals surface area contributed by atoms with Gasteiger partial charge in [0, 0.05) is 5.41 Å². The van der Waals surface area contributed by atoms with Gasteiger partial charge < -0.3 is 0 Å². The molecule has 0 amide bonds. The van der Waals surface area contributed by atoms with E-state index >= 15 is 0 Å². The Labute approximate surface area is 180 Å². The normalized spacial score (nSPS) is 32.4. The molecule has 30 heavy (non-hydrogen) atoms. The largest absolute Gasteiger partial charge is 0.0619 e. The maximum absolute atomic E-state index is 2.49. The lowest BCUT2D eigenvalue weighted by Crippen LogP contribution is -2.55. The van der Waals surface area contributed by atoms with Crippen molar-refractivity contribution in [2.24, 2.45) is 23.7 Å². The fourth-order valence-corrected chi connectivity index (χ4v) is 8.49. The van der Waals surface area contributed by atoms with Crippen molar-refractivity contribution in [2.45, 2.75) is 50.9 Å². The molecule has 0 unspecified atom stereocenters. The number of aryl methyl sites for hydroxylation is 1. The average Bonchev–Trinajstić information content (AvgIpc) is 3.04. The van der Waals surface area contributed by atoms with Crippen LogP contribution in [0, 0.1) is 30.6 Å². The van der Waals surface area contributed by atoms with E-state index in [2.05, 4.69) is 73.7 Å². The monoisotopic (exact) mass is 390 g/mol. The minimum Gasteiger partial charge on any atom is -0.0619 e. The topological polar surface area (TPSA) is 0 Å². The van der Waals surface area contributed by atoms with Crippen LogP contribution in [0.4, 0.5) is 0 Å². The molecule has 4 fully saturated rings. The third-order valence-electron chi connectivity index (χ3n) is 9.13. The van der Waals surface area contributed by atoms with Crippen molar-refractivity contribution in [3.05, 3.63) is 94.5 Å². The third kappa shape index (κ3) is 2.18. The first-order valence-electron chi connectivity index (χ1n) is 12.0. The van der Waals surface area contributed by atoms with Crippen molar-refractivity contribution in [2.75, 3.05) is 0 Å². The van der Waals surface area contributed by atoms with Crippen LogP contribution in [-0.4, -0.2) is 0 Å². The Morgan fingerprint density at radius 3 is 2.20 bits per heavy atom. The molecule has 5 aliphatic rings. The molecule has 0 atom stereocenters. The Bertz CT molecular complexity index is 1120. The molecule has 0 aromatic heterocycles. The highest BCUT2D eigenvalue weighted by atomic mass is 14.6. The van der Waals surface area contributed by atoms with Crippen LogP contribution in [0.15, 0.2) is 66.7 Å². The highest BCUT2D eigenvalue weighted by Gasteiger charge is 2.61. The van der Waals surface area contributed by atoms with Crippen LogP contribution < -0.4 is 0 Å². The Hall–Kier alpha value is -2.34. The van der Waals surface area contributed by atoms with Gasteiger partial charge in [0.25, 0.3) is 0 Å². The fraction of sp³-hybridized carbons (Fsp3) is 0.400. The summed E-state index contributed by atoms with van der Waals surface area (Å²) >= 11 is 0. The molecular weight excluding hydrogens is 360 g/mol. The molecule has 5 aliphatic carbocycles. The van der Waals surface area contributed by atoms with Crippen molar-refractivity contribution in [1.82, 2.24) is 0 Å². The maximum atomic E-state index is 2.49. The second-order valence-electron chi connectivity index (χ2n) is 10.7. The van der Waals surface area contributed by atoms with E-state index in [1.807, 2.05) is 0 Å². The summed E-state index contributed by atoms with van der Waals surface area (Å²) in [7, 11) is 0. The summed E-state index contributed by atoms with van der Waals surface area (Å²) in [6.07, 6.45) is 8.41. The standard InChI is InChI=1S/C30H30/c1-19-6-4-7-20(12-19)14-23-8-5-10-27-26-9-2-3-11-28(26)30(29(23)27)24-15-21-13-22(17-24)18-25(30)16-21/h2-12,21-22,24-25H,13-18H2,1H3. The van der Waals surface area contributed by atoms with Crippen LogP contribution in [0.1, 0.15) is 59.9 Å². The molecule has 3 aromatic rings. The summed E-state index contributed by atoms with van der Waals surface area (Å²) in [5, 5.41) is 0. The number of benzene rings is 3. The second-order valence-corrected chi connectivity index (χ2v) is 10.7.